The van der Waals surface area contributed by atoms with Crippen molar-refractivity contribution in [1.82, 2.24) is 4.31 Å². The standard InChI is InChI=1S/C10H20N2O4S/c1-8-3-4-12(6-9(8)5-11)17(14,15)7-10(13)16-2/h8-9H,3-7,11H2,1-2H3. The van der Waals surface area contributed by atoms with Gasteiger partial charge in [0.25, 0.3) is 0 Å². The maximum Gasteiger partial charge on any atom is 0.322 e. The fourth-order valence-electron chi connectivity index (χ4n) is 1.97. The summed E-state index contributed by atoms with van der Waals surface area (Å²) in [6.07, 6.45) is 0.780. The van der Waals surface area contributed by atoms with E-state index in [-0.39, 0.29) is 5.92 Å². The van der Waals surface area contributed by atoms with E-state index in [4.69, 9.17) is 5.73 Å². The molecular formula is C10H20N2O4S. The predicted octanol–water partition coefficient (Wildman–Crippen LogP) is -0.594. The number of carbonyl (C=O) groups is 1. The molecule has 1 heterocycles. The minimum Gasteiger partial charge on any atom is -0.468 e. The van der Waals surface area contributed by atoms with E-state index in [1.807, 2.05) is 0 Å². The zero-order chi connectivity index (χ0) is 13.1. The van der Waals surface area contributed by atoms with Crippen molar-refractivity contribution in [3.05, 3.63) is 0 Å². The van der Waals surface area contributed by atoms with Gasteiger partial charge in [0.15, 0.2) is 5.75 Å². The largest absolute Gasteiger partial charge is 0.468 e. The number of hydrogen-bond donors (Lipinski definition) is 1. The Morgan fingerprint density at radius 1 is 1.53 bits per heavy atom. The highest BCUT2D eigenvalue weighted by atomic mass is 32.2. The molecule has 0 bridgehead atoms. The molecule has 0 spiro atoms. The van der Waals surface area contributed by atoms with Gasteiger partial charge in [0.1, 0.15) is 0 Å². The van der Waals surface area contributed by atoms with Gasteiger partial charge in [-0.2, -0.15) is 0 Å². The van der Waals surface area contributed by atoms with E-state index in [0.717, 1.165) is 6.42 Å². The molecule has 0 radical (unpaired) electrons. The monoisotopic (exact) mass is 264 g/mol. The first kappa shape index (κ1) is 14.4. The molecule has 0 aromatic rings. The number of rotatable bonds is 4. The summed E-state index contributed by atoms with van der Waals surface area (Å²) in [6.45, 7) is 3.39. The van der Waals surface area contributed by atoms with Gasteiger partial charge in [-0.15, -0.1) is 0 Å². The van der Waals surface area contributed by atoms with E-state index in [2.05, 4.69) is 11.7 Å². The average Bonchev–Trinajstić information content (AvgIpc) is 2.28. The van der Waals surface area contributed by atoms with Crippen LogP contribution >= 0.6 is 0 Å². The van der Waals surface area contributed by atoms with Gasteiger partial charge in [0.05, 0.1) is 7.11 Å². The van der Waals surface area contributed by atoms with E-state index in [9.17, 15) is 13.2 Å². The second-order valence-corrected chi connectivity index (χ2v) is 6.42. The third-order valence-electron chi connectivity index (χ3n) is 3.30. The lowest BCUT2D eigenvalue weighted by atomic mass is 9.88. The number of nitrogens with two attached hydrogens (primary N) is 1. The molecule has 2 atom stereocenters. The van der Waals surface area contributed by atoms with Crippen molar-refractivity contribution >= 4 is 16.0 Å². The van der Waals surface area contributed by atoms with Crippen molar-refractivity contribution in [3.63, 3.8) is 0 Å². The van der Waals surface area contributed by atoms with Crippen molar-refractivity contribution in [2.75, 3.05) is 32.5 Å². The van der Waals surface area contributed by atoms with E-state index in [1.54, 1.807) is 0 Å². The van der Waals surface area contributed by atoms with Crippen LogP contribution in [0.25, 0.3) is 0 Å². The van der Waals surface area contributed by atoms with Gasteiger partial charge >= 0.3 is 5.97 Å². The summed E-state index contributed by atoms with van der Waals surface area (Å²) in [5, 5.41) is 0. The first-order valence-corrected chi connectivity index (χ1v) is 7.26. The number of methoxy groups -OCH3 is 1. The Hall–Kier alpha value is -0.660. The van der Waals surface area contributed by atoms with Crippen LogP contribution in [0.1, 0.15) is 13.3 Å². The summed E-state index contributed by atoms with van der Waals surface area (Å²) in [5.74, 6) is -0.733. The quantitative estimate of drug-likeness (QED) is 0.685. The summed E-state index contributed by atoms with van der Waals surface area (Å²) >= 11 is 0. The summed E-state index contributed by atoms with van der Waals surface area (Å²) in [5.41, 5.74) is 5.61. The van der Waals surface area contributed by atoms with Crippen LogP contribution in [0.15, 0.2) is 0 Å². The summed E-state index contributed by atoms with van der Waals surface area (Å²) in [6, 6.07) is 0. The molecule has 1 aliphatic rings. The molecular weight excluding hydrogens is 244 g/mol. The number of carbonyl (C=O) groups excluding carboxylic acids is 1. The molecule has 17 heavy (non-hydrogen) atoms. The minimum absolute atomic E-state index is 0.163. The fourth-order valence-corrected chi connectivity index (χ4v) is 3.38. The molecule has 1 aliphatic heterocycles. The second kappa shape index (κ2) is 5.79. The Labute approximate surface area is 102 Å². The third-order valence-corrected chi connectivity index (χ3v) is 5.02. The minimum atomic E-state index is -3.56. The Morgan fingerprint density at radius 3 is 2.71 bits per heavy atom. The van der Waals surface area contributed by atoms with Gasteiger partial charge in [-0.1, -0.05) is 6.92 Å². The molecule has 0 saturated carbocycles. The molecule has 0 aliphatic carbocycles. The zero-order valence-corrected chi connectivity index (χ0v) is 11.1. The Kier molecular flexibility index (Phi) is 4.91. The molecule has 1 rings (SSSR count). The molecule has 6 nitrogen and oxygen atoms in total. The Morgan fingerprint density at radius 2 is 2.18 bits per heavy atom. The first-order valence-electron chi connectivity index (χ1n) is 5.65. The third kappa shape index (κ3) is 3.65. The van der Waals surface area contributed by atoms with Crippen molar-refractivity contribution in [2.24, 2.45) is 17.6 Å². The maximum absolute atomic E-state index is 11.9. The van der Waals surface area contributed by atoms with Crippen LogP contribution in [-0.4, -0.2) is 51.2 Å². The topological polar surface area (TPSA) is 89.7 Å². The van der Waals surface area contributed by atoms with Crippen molar-refractivity contribution in [3.8, 4) is 0 Å². The number of ether oxygens (including phenoxy) is 1. The van der Waals surface area contributed by atoms with Crippen LogP contribution in [0, 0.1) is 11.8 Å². The van der Waals surface area contributed by atoms with Gasteiger partial charge in [0, 0.05) is 13.1 Å². The molecule has 0 aromatic carbocycles. The average molecular weight is 264 g/mol. The number of esters is 1. The van der Waals surface area contributed by atoms with E-state index in [0.29, 0.717) is 25.6 Å². The SMILES string of the molecule is COC(=O)CS(=O)(=O)N1CCC(C)C(CN)C1. The van der Waals surface area contributed by atoms with E-state index in [1.165, 1.54) is 11.4 Å². The lowest BCUT2D eigenvalue weighted by molar-refractivity contribution is -0.137. The Balaban J connectivity index is 2.70. The molecule has 0 amide bonds. The first-order chi connectivity index (χ1) is 7.90. The van der Waals surface area contributed by atoms with Gasteiger partial charge in [-0.3, -0.25) is 4.79 Å². The van der Waals surface area contributed by atoms with Crippen molar-refractivity contribution in [2.45, 2.75) is 13.3 Å². The molecule has 100 valence electrons. The summed E-state index contributed by atoms with van der Waals surface area (Å²) < 4.78 is 29.5. The van der Waals surface area contributed by atoms with Crippen molar-refractivity contribution < 1.29 is 17.9 Å². The number of piperidine rings is 1. The summed E-state index contributed by atoms with van der Waals surface area (Å²) in [7, 11) is -2.38. The molecule has 0 aromatic heterocycles. The fraction of sp³-hybridized carbons (Fsp3) is 0.900. The summed E-state index contributed by atoms with van der Waals surface area (Å²) in [4.78, 5) is 11.0. The lowest BCUT2D eigenvalue weighted by Gasteiger charge is -2.35. The predicted molar refractivity (Wildman–Crippen MR) is 63.7 cm³/mol. The normalized spacial score (nSPS) is 26.8. The van der Waals surface area contributed by atoms with Crippen LogP contribution in [0.3, 0.4) is 0 Å². The van der Waals surface area contributed by atoms with Crippen LogP contribution in [0.2, 0.25) is 0 Å². The van der Waals surface area contributed by atoms with Gasteiger partial charge in [-0.25, -0.2) is 12.7 Å². The van der Waals surface area contributed by atoms with Gasteiger partial charge in [0.2, 0.25) is 10.0 Å². The van der Waals surface area contributed by atoms with E-state index >= 15 is 0 Å². The van der Waals surface area contributed by atoms with Gasteiger partial charge in [-0.05, 0) is 24.8 Å². The molecule has 1 saturated heterocycles. The zero-order valence-electron chi connectivity index (χ0n) is 10.3. The molecule has 1 fully saturated rings. The lowest BCUT2D eigenvalue weighted by Crippen LogP contribution is -2.47. The van der Waals surface area contributed by atoms with Gasteiger partial charge < -0.3 is 10.5 Å². The maximum atomic E-state index is 11.9. The number of nitrogens with zero attached hydrogens (tertiary/aromatic N) is 1. The molecule has 2 unspecified atom stereocenters. The van der Waals surface area contributed by atoms with Crippen LogP contribution in [0.4, 0.5) is 0 Å². The Bertz CT molecular complexity index is 369. The highest BCUT2D eigenvalue weighted by molar-refractivity contribution is 7.89. The second-order valence-electron chi connectivity index (χ2n) is 4.45. The highest BCUT2D eigenvalue weighted by Crippen LogP contribution is 2.24. The molecule has 2 N–H and O–H groups in total. The number of hydrogen-bond acceptors (Lipinski definition) is 5. The smallest absolute Gasteiger partial charge is 0.322 e. The highest BCUT2D eigenvalue weighted by Gasteiger charge is 2.33. The van der Waals surface area contributed by atoms with Crippen LogP contribution in [-0.2, 0) is 19.6 Å². The van der Waals surface area contributed by atoms with Crippen LogP contribution in [0.5, 0.6) is 0 Å². The molecule has 7 heteroatoms. The van der Waals surface area contributed by atoms with Crippen LogP contribution < -0.4 is 5.73 Å². The van der Waals surface area contributed by atoms with Crippen molar-refractivity contribution in [1.29, 1.82) is 0 Å². The van der Waals surface area contributed by atoms with E-state index < -0.39 is 21.7 Å². The number of sulfonamides is 1.